The van der Waals surface area contributed by atoms with Gasteiger partial charge in [0.05, 0.1) is 0 Å². The molecule has 0 N–H and O–H groups in total. The van der Waals surface area contributed by atoms with Gasteiger partial charge in [0.15, 0.2) is 0 Å². The van der Waals surface area contributed by atoms with Gasteiger partial charge in [-0.3, -0.25) is 9.00 Å². The number of hydrogen-bond donors (Lipinski definition) is 0. The summed E-state index contributed by atoms with van der Waals surface area (Å²) in [6, 6.07) is 7.17. The van der Waals surface area contributed by atoms with E-state index in [4.69, 9.17) is 0 Å². The third-order valence-electron chi connectivity index (χ3n) is 4.80. The summed E-state index contributed by atoms with van der Waals surface area (Å²) in [5.41, 5.74) is 0.697. The van der Waals surface area contributed by atoms with E-state index in [1.165, 1.54) is 19.4 Å². The molecule has 1 aromatic carbocycles. The molecule has 134 valence electrons. The second-order valence-corrected chi connectivity index (χ2v) is 8.21. The van der Waals surface area contributed by atoms with Crippen LogP contribution in [-0.4, -0.2) is 59.4 Å². The van der Waals surface area contributed by atoms with E-state index >= 15 is 0 Å². The Morgan fingerprint density at radius 3 is 2.42 bits per heavy atom. The number of piperidine rings is 1. The fourth-order valence-corrected chi connectivity index (χ4v) is 3.77. The molecule has 0 aliphatic carbocycles. The van der Waals surface area contributed by atoms with Crippen molar-refractivity contribution >= 4 is 16.7 Å². The van der Waals surface area contributed by atoms with Crippen molar-refractivity contribution in [3.63, 3.8) is 0 Å². The Hall–Kier alpha value is -1.20. The van der Waals surface area contributed by atoms with Crippen LogP contribution < -0.4 is 0 Å². The van der Waals surface area contributed by atoms with Crippen LogP contribution in [0.2, 0.25) is 0 Å². The summed E-state index contributed by atoms with van der Waals surface area (Å²) in [6.07, 6.45) is 6.31. The molecule has 1 atom stereocenters. The van der Waals surface area contributed by atoms with Crippen molar-refractivity contribution in [1.29, 1.82) is 0 Å². The Morgan fingerprint density at radius 1 is 1.25 bits per heavy atom. The molecule has 5 heteroatoms. The van der Waals surface area contributed by atoms with Crippen LogP contribution in [0, 0.1) is 5.92 Å². The highest BCUT2D eigenvalue weighted by Crippen LogP contribution is 2.20. The zero-order valence-electron chi connectivity index (χ0n) is 15.2. The fraction of sp³-hybridized carbons (Fsp3) is 0.632. The minimum Gasteiger partial charge on any atom is -0.339 e. The number of carbonyl (C=O) groups is 1. The van der Waals surface area contributed by atoms with E-state index in [-0.39, 0.29) is 5.91 Å². The summed E-state index contributed by atoms with van der Waals surface area (Å²) in [6.45, 7) is 6.21. The second kappa shape index (κ2) is 9.33. The second-order valence-electron chi connectivity index (χ2n) is 6.83. The van der Waals surface area contributed by atoms with Gasteiger partial charge in [0, 0.05) is 47.1 Å². The third-order valence-corrected chi connectivity index (χ3v) is 5.73. The van der Waals surface area contributed by atoms with Crippen LogP contribution >= 0.6 is 0 Å². The molecular weight excluding hydrogens is 320 g/mol. The molecule has 24 heavy (non-hydrogen) atoms. The number of carbonyl (C=O) groups excluding carboxylic acids is 1. The molecule has 4 nitrogen and oxygen atoms in total. The molecule has 0 bridgehead atoms. The van der Waals surface area contributed by atoms with Crippen molar-refractivity contribution in [2.45, 2.75) is 37.5 Å². The quantitative estimate of drug-likeness (QED) is 0.759. The van der Waals surface area contributed by atoms with E-state index in [2.05, 4.69) is 18.9 Å². The summed E-state index contributed by atoms with van der Waals surface area (Å²) in [4.78, 5) is 17.7. The molecule has 1 unspecified atom stereocenters. The lowest BCUT2D eigenvalue weighted by Crippen LogP contribution is -2.41. The number of rotatable bonds is 7. The molecule has 0 spiro atoms. The molecule has 1 amide bonds. The highest BCUT2D eigenvalue weighted by molar-refractivity contribution is 7.84. The molecule has 1 aliphatic rings. The predicted octanol–water partition coefficient (Wildman–Crippen LogP) is 3.01. The van der Waals surface area contributed by atoms with Crippen molar-refractivity contribution in [2.75, 3.05) is 39.5 Å². The van der Waals surface area contributed by atoms with Crippen LogP contribution in [0.5, 0.6) is 0 Å². The van der Waals surface area contributed by atoms with E-state index < -0.39 is 10.8 Å². The molecule has 0 saturated carbocycles. The highest BCUT2D eigenvalue weighted by atomic mass is 32.2. The topological polar surface area (TPSA) is 40.6 Å². The Bertz CT molecular complexity index is 551. The van der Waals surface area contributed by atoms with Gasteiger partial charge in [-0.25, -0.2) is 0 Å². The lowest BCUT2D eigenvalue weighted by atomic mass is 9.95. The molecule has 2 rings (SSSR count). The van der Waals surface area contributed by atoms with Crippen molar-refractivity contribution < 1.29 is 9.00 Å². The van der Waals surface area contributed by atoms with Crippen LogP contribution in [0.15, 0.2) is 29.2 Å². The van der Waals surface area contributed by atoms with E-state index in [9.17, 15) is 9.00 Å². The first kappa shape index (κ1) is 19.1. The maximum atomic E-state index is 12.6. The zero-order chi connectivity index (χ0) is 17.5. The average Bonchev–Trinajstić information content (AvgIpc) is 2.60. The van der Waals surface area contributed by atoms with E-state index in [0.29, 0.717) is 11.5 Å². The van der Waals surface area contributed by atoms with Gasteiger partial charge in [-0.2, -0.15) is 0 Å². The maximum absolute atomic E-state index is 12.6. The molecule has 1 aromatic rings. The molecule has 1 aliphatic heterocycles. The van der Waals surface area contributed by atoms with E-state index in [1.807, 2.05) is 4.90 Å². The largest absolute Gasteiger partial charge is 0.339 e. The normalized spacial score (nSPS) is 17.2. The fourth-order valence-electron chi connectivity index (χ4n) is 3.25. The van der Waals surface area contributed by atoms with Crippen LogP contribution in [0.25, 0.3) is 0 Å². The summed E-state index contributed by atoms with van der Waals surface area (Å²) < 4.78 is 11.4. The Balaban J connectivity index is 1.83. The van der Waals surface area contributed by atoms with Crippen LogP contribution in [0.1, 0.15) is 43.0 Å². The minimum atomic E-state index is -0.998. The minimum absolute atomic E-state index is 0.0984. The van der Waals surface area contributed by atoms with Crippen LogP contribution in [0.4, 0.5) is 0 Å². The smallest absolute Gasteiger partial charge is 0.253 e. The molecule has 0 radical (unpaired) electrons. The molecule has 1 saturated heterocycles. The Kier molecular flexibility index (Phi) is 7.43. The molecule has 1 fully saturated rings. The first-order chi connectivity index (χ1) is 11.5. The van der Waals surface area contributed by atoms with Gasteiger partial charge in [0.25, 0.3) is 5.91 Å². The number of nitrogens with zero attached hydrogens (tertiary/aromatic N) is 2. The van der Waals surface area contributed by atoms with E-state index in [1.54, 1.807) is 30.5 Å². The zero-order valence-corrected chi connectivity index (χ0v) is 16.0. The highest BCUT2D eigenvalue weighted by Gasteiger charge is 2.24. The number of amides is 1. The van der Waals surface area contributed by atoms with Crippen LogP contribution in [0.3, 0.4) is 0 Å². The number of unbranched alkanes of at least 4 members (excludes halogenated alkanes) is 1. The molecule has 0 aromatic heterocycles. The van der Waals surface area contributed by atoms with Gasteiger partial charge in [0.1, 0.15) is 0 Å². The van der Waals surface area contributed by atoms with Gasteiger partial charge in [0.2, 0.25) is 0 Å². The van der Waals surface area contributed by atoms with Gasteiger partial charge < -0.3 is 9.80 Å². The molecule has 1 heterocycles. The Morgan fingerprint density at radius 2 is 1.88 bits per heavy atom. The van der Waals surface area contributed by atoms with Gasteiger partial charge >= 0.3 is 0 Å². The van der Waals surface area contributed by atoms with Crippen molar-refractivity contribution in [1.82, 2.24) is 9.80 Å². The summed E-state index contributed by atoms with van der Waals surface area (Å²) >= 11 is 0. The Labute approximate surface area is 148 Å². The van der Waals surface area contributed by atoms with Crippen molar-refractivity contribution in [2.24, 2.45) is 5.92 Å². The van der Waals surface area contributed by atoms with Gasteiger partial charge in [-0.05, 0) is 63.0 Å². The monoisotopic (exact) mass is 350 g/mol. The lowest BCUT2D eigenvalue weighted by Gasteiger charge is -2.34. The SMILES string of the molecule is CCCCN(C)CC1CCN(C(=O)c2ccc(S(C)=O)cc2)CC1. The first-order valence-electron chi connectivity index (χ1n) is 8.92. The van der Waals surface area contributed by atoms with Gasteiger partial charge in [-0.15, -0.1) is 0 Å². The third kappa shape index (κ3) is 5.42. The van der Waals surface area contributed by atoms with E-state index in [0.717, 1.165) is 37.4 Å². The summed E-state index contributed by atoms with van der Waals surface area (Å²) in [7, 11) is 1.20. The number of benzene rings is 1. The van der Waals surface area contributed by atoms with Crippen molar-refractivity contribution in [3.8, 4) is 0 Å². The van der Waals surface area contributed by atoms with Gasteiger partial charge in [-0.1, -0.05) is 13.3 Å². The van der Waals surface area contributed by atoms with Crippen molar-refractivity contribution in [3.05, 3.63) is 29.8 Å². The number of likely N-dealkylation sites (tertiary alicyclic amines) is 1. The maximum Gasteiger partial charge on any atom is 0.253 e. The predicted molar refractivity (Wildman–Crippen MR) is 99.8 cm³/mol. The summed E-state index contributed by atoms with van der Waals surface area (Å²) in [5, 5.41) is 0. The first-order valence-corrected chi connectivity index (χ1v) is 10.5. The molecular formula is C19H30N2O2S. The summed E-state index contributed by atoms with van der Waals surface area (Å²) in [5.74, 6) is 0.794. The standard InChI is InChI=1S/C19H30N2O2S/c1-4-5-12-20(2)15-16-10-13-21(14-11-16)19(22)17-6-8-18(9-7-17)24(3)23/h6-9,16H,4-5,10-15H2,1-3H3. The lowest BCUT2D eigenvalue weighted by molar-refractivity contribution is 0.0673. The van der Waals surface area contributed by atoms with Crippen LogP contribution in [-0.2, 0) is 10.8 Å². The average molecular weight is 351 g/mol. The number of hydrogen-bond acceptors (Lipinski definition) is 3.